The zero-order valence-corrected chi connectivity index (χ0v) is 10.2. The molecule has 2 rings (SSSR count). The largest absolute Gasteiger partial charge is 0.481 e. The van der Waals surface area contributed by atoms with Gasteiger partial charge >= 0.3 is 5.97 Å². The van der Waals surface area contributed by atoms with Gasteiger partial charge in [-0.25, -0.2) is 0 Å². The molecule has 0 aliphatic carbocycles. The van der Waals surface area contributed by atoms with Crippen LogP contribution in [-0.2, 0) is 4.79 Å². The van der Waals surface area contributed by atoms with Gasteiger partial charge in [0.15, 0.2) is 0 Å². The molecule has 92 valence electrons. The summed E-state index contributed by atoms with van der Waals surface area (Å²) in [6.45, 7) is 1.39. The number of carboxylic acids is 1. The number of hydrogen-bond donors (Lipinski definition) is 1. The van der Waals surface area contributed by atoms with E-state index in [1.165, 1.54) is 11.3 Å². The van der Waals surface area contributed by atoms with Gasteiger partial charge in [0.1, 0.15) is 4.88 Å². The zero-order valence-electron chi connectivity index (χ0n) is 9.33. The predicted molar refractivity (Wildman–Crippen MR) is 63.0 cm³/mol. The highest BCUT2D eigenvalue weighted by Crippen LogP contribution is 2.23. The van der Waals surface area contributed by atoms with E-state index in [9.17, 15) is 9.59 Å². The molecule has 17 heavy (non-hydrogen) atoms. The first-order valence-corrected chi connectivity index (χ1v) is 6.44. The average molecular weight is 254 g/mol. The third-order valence-corrected chi connectivity index (χ3v) is 3.74. The molecule has 1 N–H and O–H groups in total. The molecule has 1 fully saturated rings. The van der Waals surface area contributed by atoms with E-state index in [1.807, 2.05) is 0 Å². The minimum absolute atomic E-state index is 0.0188. The van der Waals surface area contributed by atoms with Gasteiger partial charge in [-0.2, -0.15) is 0 Å². The van der Waals surface area contributed by atoms with E-state index >= 15 is 0 Å². The molecular formula is C11H14N2O3S. The van der Waals surface area contributed by atoms with Crippen molar-refractivity contribution in [3.8, 4) is 0 Å². The summed E-state index contributed by atoms with van der Waals surface area (Å²) >= 11 is 1.34. The van der Waals surface area contributed by atoms with Gasteiger partial charge in [-0.3, -0.25) is 14.6 Å². The quantitative estimate of drug-likeness (QED) is 0.883. The molecular weight excluding hydrogens is 240 g/mol. The minimum atomic E-state index is -0.766. The molecule has 0 aromatic carbocycles. The van der Waals surface area contributed by atoms with Crippen LogP contribution in [0.25, 0.3) is 0 Å². The van der Waals surface area contributed by atoms with Crippen LogP contribution in [0.3, 0.4) is 0 Å². The van der Waals surface area contributed by atoms with Crippen molar-refractivity contribution in [1.29, 1.82) is 0 Å². The van der Waals surface area contributed by atoms with E-state index in [0.717, 1.165) is 13.0 Å². The van der Waals surface area contributed by atoms with Gasteiger partial charge in [-0.05, 0) is 18.8 Å². The van der Waals surface area contributed by atoms with Crippen molar-refractivity contribution in [1.82, 2.24) is 9.88 Å². The van der Waals surface area contributed by atoms with Crippen LogP contribution in [0.5, 0.6) is 0 Å². The number of aromatic nitrogens is 1. The van der Waals surface area contributed by atoms with Crippen LogP contribution >= 0.6 is 11.3 Å². The van der Waals surface area contributed by atoms with Gasteiger partial charge in [0.2, 0.25) is 0 Å². The summed E-state index contributed by atoms with van der Waals surface area (Å²) < 4.78 is 0. The molecule has 1 aliphatic heterocycles. The van der Waals surface area contributed by atoms with Gasteiger partial charge in [0.05, 0.1) is 11.7 Å². The molecule has 1 aliphatic rings. The molecule has 0 saturated carbocycles. The summed E-state index contributed by atoms with van der Waals surface area (Å²) in [6.07, 6.45) is 3.32. The minimum Gasteiger partial charge on any atom is -0.481 e. The van der Waals surface area contributed by atoms with E-state index in [0.29, 0.717) is 23.8 Å². The van der Waals surface area contributed by atoms with Gasteiger partial charge in [0, 0.05) is 19.5 Å². The van der Waals surface area contributed by atoms with Crippen LogP contribution in [0.4, 0.5) is 0 Å². The van der Waals surface area contributed by atoms with Crippen molar-refractivity contribution in [3.05, 3.63) is 16.6 Å². The number of amides is 1. The molecule has 0 radical (unpaired) electrons. The Kier molecular flexibility index (Phi) is 3.73. The summed E-state index contributed by atoms with van der Waals surface area (Å²) in [5.74, 6) is -0.425. The molecule has 1 atom stereocenters. The van der Waals surface area contributed by atoms with Crippen molar-refractivity contribution in [3.63, 3.8) is 0 Å². The lowest BCUT2D eigenvalue weighted by Gasteiger charge is -2.14. The van der Waals surface area contributed by atoms with Crippen molar-refractivity contribution in [2.45, 2.75) is 19.3 Å². The molecule has 1 aromatic rings. The molecule has 2 heterocycles. The summed E-state index contributed by atoms with van der Waals surface area (Å²) in [4.78, 5) is 28.8. The maximum absolute atomic E-state index is 12.0. The zero-order chi connectivity index (χ0) is 12.3. The Morgan fingerprint density at radius 2 is 2.41 bits per heavy atom. The SMILES string of the molecule is O=C(O)CCC1CCN(C(=O)c2cncs2)C1. The molecule has 0 spiro atoms. The molecule has 5 nitrogen and oxygen atoms in total. The van der Waals surface area contributed by atoms with Crippen LogP contribution in [-0.4, -0.2) is 40.0 Å². The van der Waals surface area contributed by atoms with Crippen molar-refractivity contribution in [2.24, 2.45) is 5.92 Å². The lowest BCUT2D eigenvalue weighted by Crippen LogP contribution is -2.28. The van der Waals surface area contributed by atoms with Crippen LogP contribution in [0.2, 0.25) is 0 Å². The molecule has 6 heteroatoms. The first kappa shape index (κ1) is 12.0. The van der Waals surface area contributed by atoms with Gasteiger partial charge in [-0.15, -0.1) is 11.3 Å². The fraction of sp³-hybridized carbons (Fsp3) is 0.545. The van der Waals surface area contributed by atoms with E-state index in [-0.39, 0.29) is 12.3 Å². The highest BCUT2D eigenvalue weighted by molar-refractivity contribution is 7.11. The summed E-state index contributed by atoms with van der Waals surface area (Å²) in [7, 11) is 0. The molecule has 1 unspecified atom stereocenters. The molecule has 1 saturated heterocycles. The fourth-order valence-electron chi connectivity index (χ4n) is 2.06. The van der Waals surface area contributed by atoms with E-state index < -0.39 is 5.97 Å². The Morgan fingerprint density at radius 3 is 3.06 bits per heavy atom. The number of nitrogens with zero attached hydrogens (tertiary/aromatic N) is 2. The monoisotopic (exact) mass is 254 g/mol. The Labute approximate surface area is 103 Å². The first-order valence-electron chi connectivity index (χ1n) is 5.56. The predicted octanol–water partition coefficient (Wildman–Crippen LogP) is 1.47. The van der Waals surface area contributed by atoms with Crippen molar-refractivity contribution >= 4 is 23.2 Å². The Hall–Kier alpha value is -1.43. The van der Waals surface area contributed by atoms with Crippen LogP contribution in [0.15, 0.2) is 11.7 Å². The number of carbonyl (C=O) groups excluding carboxylic acids is 1. The average Bonchev–Trinajstić information content (AvgIpc) is 2.97. The number of likely N-dealkylation sites (tertiary alicyclic amines) is 1. The van der Waals surface area contributed by atoms with Crippen LogP contribution in [0, 0.1) is 5.92 Å². The van der Waals surface area contributed by atoms with E-state index in [4.69, 9.17) is 5.11 Å². The first-order chi connectivity index (χ1) is 8.16. The van der Waals surface area contributed by atoms with E-state index in [2.05, 4.69) is 4.98 Å². The third-order valence-electron chi connectivity index (χ3n) is 2.98. The van der Waals surface area contributed by atoms with Crippen molar-refractivity contribution in [2.75, 3.05) is 13.1 Å². The Bertz CT molecular complexity index is 405. The second kappa shape index (κ2) is 5.27. The second-order valence-corrected chi connectivity index (χ2v) is 5.09. The summed E-state index contributed by atoms with van der Waals surface area (Å²) in [6, 6.07) is 0. The Balaban J connectivity index is 1.85. The number of carboxylic acid groups (broad SMARTS) is 1. The maximum atomic E-state index is 12.0. The van der Waals surface area contributed by atoms with Crippen LogP contribution in [0.1, 0.15) is 28.9 Å². The van der Waals surface area contributed by atoms with Crippen molar-refractivity contribution < 1.29 is 14.7 Å². The summed E-state index contributed by atoms with van der Waals surface area (Å²) in [5, 5.41) is 8.61. The molecule has 1 amide bonds. The standard InChI is InChI=1S/C11H14N2O3S/c14-10(15)2-1-8-3-4-13(6-8)11(16)9-5-12-7-17-9/h5,7-8H,1-4,6H2,(H,14,15). The normalized spacial score (nSPS) is 19.5. The number of thiazole rings is 1. The molecule has 1 aromatic heterocycles. The maximum Gasteiger partial charge on any atom is 0.303 e. The summed E-state index contributed by atoms with van der Waals surface area (Å²) in [5.41, 5.74) is 1.64. The fourth-order valence-corrected chi connectivity index (χ4v) is 2.64. The topological polar surface area (TPSA) is 70.5 Å². The van der Waals surface area contributed by atoms with Gasteiger partial charge in [-0.1, -0.05) is 0 Å². The number of carbonyl (C=O) groups is 2. The lowest BCUT2D eigenvalue weighted by molar-refractivity contribution is -0.137. The highest BCUT2D eigenvalue weighted by atomic mass is 32.1. The smallest absolute Gasteiger partial charge is 0.303 e. The van der Waals surface area contributed by atoms with Gasteiger partial charge < -0.3 is 10.0 Å². The second-order valence-electron chi connectivity index (χ2n) is 4.20. The lowest BCUT2D eigenvalue weighted by atomic mass is 10.0. The highest BCUT2D eigenvalue weighted by Gasteiger charge is 2.27. The molecule has 0 bridgehead atoms. The Morgan fingerprint density at radius 1 is 1.59 bits per heavy atom. The van der Waals surface area contributed by atoms with E-state index in [1.54, 1.807) is 16.6 Å². The third kappa shape index (κ3) is 3.03. The number of aliphatic carboxylic acids is 1. The number of rotatable bonds is 4. The van der Waals surface area contributed by atoms with Crippen LogP contribution < -0.4 is 0 Å². The number of hydrogen-bond acceptors (Lipinski definition) is 4. The van der Waals surface area contributed by atoms with Gasteiger partial charge in [0.25, 0.3) is 5.91 Å².